The van der Waals surface area contributed by atoms with E-state index in [1.54, 1.807) is 11.8 Å². The number of carbonyl (C=O) groups is 2. The first-order chi connectivity index (χ1) is 8.58. The summed E-state index contributed by atoms with van der Waals surface area (Å²) in [6.07, 6.45) is 0.937. The summed E-state index contributed by atoms with van der Waals surface area (Å²) >= 11 is 0. The molecule has 4 heteroatoms. The van der Waals surface area contributed by atoms with Crippen molar-refractivity contribution in [2.75, 3.05) is 0 Å². The molecule has 0 N–H and O–H groups in total. The number of nitrogens with zero attached hydrogens (tertiary/aromatic N) is 1. The highest BCUT2D eigenvalue weighted by Gasteiger charge is 2.32. The fourth-order valence-electron chi connectivity index (χ4n) is 1.97. The average Bonchev–Trinajstić information content (AvgIpc) is 2.57. The van der Waals surface area contributed by atoms with Crippen molar-refractivity contribution in [2.45, 2.75) is 26.6 Å². The Hall–Kier alpha value is -2.10. The molecule has 1 aliphatic heterocycles. The molecule has 1 aromatic rings. The first kappa shape index (κ1) is 12.4. The molecule has 0 saturated carbocycles. The maximum atomic E-state index is 11.8. The van der Waals surface area contributed by atoms with Crippen molar-refractivity contribution >= 4 is 11.9 Å². The van der Waals surface area contributed by atoms with Gasteiger partial charge in [0, 0.05) is 19.5 Å². The minimum Gasteiger partial charge on any atom is -0.438 e. The van der Waals surface area contributed by atoms with Crippen LogP contribution >= 0.6 is 0 Å². The van der Waals surface area contributed by atoms with Gasteiger partial charge in [-0.05, 0) is 18.1 Å². The number of ether oxygens (including phenoxy) is 1. The molecule has 0 saturated heterocycles. The summed E-state index contributed by atoms with van der Waals surface area (Å²) in [6.45, 7) is 3.57. The average molecular weight is 245 g/mol. The highest BCUT2D eigenvalue weighted by molar-refractivity contribution is 5.91. The summed E-state index contributed by atoms with van der Waals surface area (Å²) in [5, 5.41) is 0. The van der Waals surface area contributed by atoms with E-state index in [1.807, 2.05) is 30.3 Å². The molecule has 4 nitrogen and oxygen atoms in total. The maximum absolute atomic E-state index is 11.8. The standard InChI is InChI=1S/C14H15NO3/c1-10-8-13(17)15(14(10)18-11(2)16)9-12-6-4-3-5-7-12/h3-8,14H,9H2,1-2H3/t14-/m0/s1. The number of hydrogen-bond acceptors (Lipinski definition) is 3. The molecular formula is C14H15NO3. The molecule has 1 amide bonds. The van der Waals surface area contributed by atoms with Crippen LogP contribution in [0.2, 0.25) is 0 Å². The number of rotatable bonds is 3. The molecule has 0 unspecified atom stereocenters. The Bertz CT molecular complexity index is 493. The van der Waals surface area contributed by atoms with E-state index in [0.717, 1.165) is 11.1 Å². The molecule has 0 radical (unpaired) electrons. The van der Waals surface area contributed by atoms with Gasteiger partial charge in [-0.2, -0.15) is 0 Å². The SMILES string of the molecule is CC(=O)O[C@H]1C(C)=CC(=O)N1Cc1ccccc1. The van der Waals surface area contributed by atoms with Crippen molar-refractivity contribution in [1.82, 2.24) is 4.90 Å². The predicted octanol–water partition coefficient (Wildman–Crippen LogP) is 1.86. The Labute approximate surface area is 106 Å². The maximum Gasteiger partial charge on any atom is 0.304 e. The third-order valence-corrected chi connectivity index (χ3v) is 2.78. The summed E-state index contributed by atoms with van der Waals surface area (Å²) in [5.74, 6) is -0.511. The molecule has 0 bridgehead atoms. The molecule has 1 aromatic carbocycles. The van der Waals surface area contributed by atoms with Crippen LogP contribution in [0.1, 0.15) is 19.4 Å². The van der Waals surface area contributed by atoms with Gasteiger partial charge in [0.05, 0.1) is 0 Å². The Morgan fingerprint density at radius 2 is 2.00 bits per heavy atom. The van der Waals surface area contributed by atoms with Crippen molar-refractivity contribution in [2.24, 2.45) is 0 Å². The second-order valence-electron chi connectivity index (χ2n) is 4.30. The third kappa shape index (κ3) is 2.59. The van der Waals surface area contributed by atoms with Gasteiger partial charge in [0.1, 0.15) is 0 Å². The van der Waals surface area contributed by atoms with Gasteiger partial charge in [-0.25, -0.2) is 0 Å². The number of hydrogen-bond donors (Lipinski definition) is 0. The zero-order valence-electron chi connectivity index (χ0n) is 10.4. The van der Waals surface area contributed by atoms with E-state index >= 15 is 0 Å². The van der Waals surface area contributed by atoms with Crippen LogP contribution in [0, 0.1) is 0 Å². The topological polar surface area (TPSA) is 46.6 Å². The van der Waals surface area contributed by atoms with Gasteiger partial charge in [-0.3, -0.25) is 14.5 Å². The van der Waals surface area contributed by atoms with Gasteiger partial charge in [-0.15, -0.1) is 0 Å². The fourth-order valence-corrected chi connectivity index (χ4v) is 1.97. The minimum absolute atomic E-state index is 0.123. The van der Waals surface area contributed by atoms with Crippen molar-refractivity contribution in [3.63, 3.8) is 0 Å². The monoisotopic (exact) mass is 245 g/mol. The summed E-state index contributed by atoms with van der Waals surface area (Å²) in [6, 6.07) is 9.62. The fraction of sp³-hybridized carbons (Fsp3) is 0.286. The molecule has 0 aromatic heterocycles. The van der Waals surface area contributed by atoms with Crippen LogP contribution in [-0.2, 0) is 20.9 Å². The molecule has 1 atom stereocenters. The van der Waals surface area contributed by atoms with E-state index in [0.29, 0.717) is 6.54 Å². The van der Waals surface area contributed by atoms with E-state index in [4.69, 9.17) is 4.74 Å². The van der Waals surface area contributed by atoms with Crippen molar-refractivity contribution < 1.29 is 14.3 Å². The molecular weight excluding hydrogens is 230 g/mol. The Morgan fingerprint density at radius 3 is 2.61 bits per heavy atom. The van der Waals surface area contributed by atoms with Crippen molar-refractivity contribution in [3.05, 3.63) is 47.5 Å². The summed E-state index contributed by atoms with van der Waals surface area (Å²) in [4.78, 5) is 24.4. The second-order valence-corrected chi connectivity index (χ2v) is 4.30. The van der Waals surface area contributed by atoms with Crippen molar-refractivity contribution in [3.8, 4) is 0 Å². The number of amides is 1. The van der Waals surface area contributed by atoms with Crippen LogP contribution in [0.25, 0.3) is 0 Å². The van der Waals surface area contributed by atoms with Crippen LogP contribution in [-0.4, -0.2) is 23.0 Å². The predicted molar refractivity (Wildman–Crippen MR) is 66.3 cm³/mol. The zero-order chi connectivity index (χ0) is 13.1. The van der Waals surface area contributed by atoms with E-state index < -0.39 is 6.23 Å². The molecule has 0 spiro atoms. The smallest absolute Gasteiger partial charge is 0.304 e. The van der Waals surface area contributed by atoms with Crippen LogP contribution in [0.4, 0.5) is 0 Å². The Morgan fingerprint density at radius 1 is 1.33 bits per heavy atom. The van der Waals surface area contributed by atoms with E-state index in [-0.39, 0.29) is 11.9 Å². The van der Waals surface area contributed by atoms with Crippen LogP contribution in [0.3, 0.4) is 0 Å². The van der Waals surface area contributed by atoms with Crippen LogP contribution in [0.15, 0.2) is 42.0 Å². The zero-order valence-corrected chi connectivity index (χ0v) is 10.4. The third-order valence-electron chi connectivity index (χ3n) is 2.78. The lowest BCUT2D eigenvalue weighted by Crippen LogP contribution is -2.37. The van der Waals surface area contributed by atoms with Crippen LogP contribution in [0.5, 0.6) is 0 Å². The molecule has 2 rings (SSSR count). The van der Waals surface area contributed by atoms with E-state index in [9.17, 15) is 9.59 Å². The lowest BCUT2D eigenvalue weighted by Gasteiger charge is -2.25. The van der Waals surface area contributed by atoms with Gasteiger partial charge in [0.15, 0.2) is 0 Å². The van der Waals surface area contributed by atoms with Crippen molar-refractivity contribution in [1.29, 1.82) is 0 Å². The largest absolute Gasteiger partial charge is 0.438 e. The lowest BCUT2D eigenvalue weighted by molar-refractivity contribution is -0.156. The molecule has 1 aliphatic rings. The normalized spacial score (nSPS) is 18.8. The van der Waals surface area contributed by atoms with Gasteiger partial charge >= 0.3 is 5.97 Å². The lowest BCUT2D eigenvalue weighted by atomic mass is 10.2. The molecule has 94 valence electrons. The molecule has 1 heterocycles. The molecule has 18 heavy (non-hydrogen) atoms. The highest BCUT2D eigenvalue weighted by Crippen LogP contribution is 2.22. The van der Waals surface area contributed by atoms with Gasteiger partial charge < -0.3 is 4.74 Å². The minimum atomic E-state index is -0.574. The van der Waals surface area contributed by atoms with Gasteiger partial charge in [-0.1, -0.05) is 30.3 Å². The Balaban J connectivity index is 2.15. The number of esters is 1. The number of carbonyl (C=O) groups excluding carboxylic acids is 2. The summed E-state index contributed by atoms with van der Waals surface area (Å²) < 4.78 is 5.18. The van der Waals surface area contributed by atoms with Gasteiger partial charge in [0.25, 0.3) is 0 Å². The highest BCUT2D eigenvalue weighted by atomic mass is 16.6. The molecule has 0 aliphatic carbocycles. The summed E-state index contributed by atoms with van der Waals surface area (Å²) in [7, 11) is 0. The number of benzene rings is 1. The first-order valence-corrected chi connectivity index (χ1v) is 5.78. The summed E-state index contributed by atoms with van der Waals surface area (Å²) in [5.41, 5.74) is 1.76. The second kappa shape index (κ2) is 5.04. The van der Waals surface area contributed by atoms with Crippen LogP contribution < -0.4 is 0 Å². The van der Waals surface area contributed by atoms with Gasteiger partial charge in [0.2, 0.25) is 12.1 Å². The quantitative estimate of drug-likeness (QED) is 0.764. The first-order valence-electron chi connectivity index (χ1n) is 5.78. The van der Waals surface area contributed by atoms with E-state index in [2.05, 4.69) is 0 Å². The Kier molecular flexibility index (Phi) is 3.46. The molecule has 0 fully saturated rings. The van der Waals surface area contributed by atoms with E-state index in [1.165, 1.54) is 13.0 Å².